The minimum atomic E-state index is -0.0399. The highest BCUT2D eigenvalue weighted by atomic mass is 32.1. The number of nitrogens with two attached hydrogens (primary N) is 1. The van der Waals surface area contributed by atoms with Gasteiger partial charge in [0.15, 0.2) is 0 Å². The highest BCUT2D eigenvalue weighted by Crippen LogP contribution is 2.26. The Bertz CT molecular complexity index is 633. The Morgan fingerprint density at radius 2 is 2.20 bits per heavy atom. The fourth-order valence-electron chi connectivity index (χ4n) is 2.40. The zero-order chi connectivity index (χ0) is 14.1. The zero-order valence-electron chi connectivity index (χ0n) is 11.3. The molecular weight excluding hydrogens is 274 g/mol. The lowest BCUT2D eigenvalue weighted by Crippen LogP contribution is -2.43. The van der Waals surface area contributed by atoms with Crippen LogP contribution in [0.1, 0.15) is 22.5 Å². The molecule has 1 amide bonds. The SMILES string of the molecule is CN1CCC(NC(=O)c2cc3c(N)ncnc3s2)CC1. The van der Waals surface area contributed by atoms with Gasteiger partial charge < -0.3 is 16.0 Å². The number of carbonyl (C=O) groups is 1. The van der Waals surface area contributed by atoms with Crippen molar-refractivity contribution in [2.75, 3.05) is 25.9 Å². The lowest BCUT2D eigenvalue weighted by Gasteiger charge is -2.29. The van der Waals surface area contributed by atoms with E-state index in [0.29, 0.717) is 10.7 Å². The molecule has 2 aromatic heterocycles. The third-order valence-electron chi connectivity index (χ3n) is 3.64. The van der Waals surface area contributed by atoms with Gasteiger partial charge in [-0.1, -0.05) is 0 Å². The number of aromatic nitrogens is 2. The van der Waals surface area contributed by atoms with Gasteiger partial charge in [0.1, 0.15) is 17.0 Å². The van der Waals surface area contributed by atoms with E-state index in [-0.39, 0.29) is 11.9 Å². The molecule has 0 bridgehead atoms. The molecule has 0 radical (unpaired) electrons. The van der Waals surface area contributed by atoms with Gasteiger partial charge in [0, 0.05) is 6.04 Å². The number of thiophene rings is 1. The van der Waals surface area contributed by atoms with Gasteiger partial charge in [0.25, 0.3) is 5.91 Å². The summed E-state index contributed by atoms with van der Waals surface area (Å²) in [5, 5.41) is 3.85. The van der Waals surface area contributed by atoms with E-state index < -0.39 is 0 Å². The molecule has 1 aliphatic heterocycles. The summed E-state index contributed by atoms with van der Waals surface area (Å²) in [6.45, 7) is 2.05. The van der Waals surface area contributed by atoms with Crippen molar-refractivity contribution in [2.24, 2.45) is 0 Å². The van der Waals surface area contributed by atoms with Crippen molar-refractivity contribution in [1.29, 1.82) is 0 Å². The molecule has 106 valence electrons. The topological polar surface area (TPSA) is 84.1 Å². The van der Waals surface area contributed by atoms with Crippen molar-refractivity contribution >= 4 is 33.3 Å². The van der Waals surface area contributed by atoms with Crippen molar-refractivity contribution in [3.05, 3.63) is 17.3 Å². The summed E-state index contributed by atoms with van der Waals surface area (Å²) in [7, 11) is 2.10. The van der Waals surface area contributed by atoms with Crippen molar-refractivity contribution in [2.45, 2.75) is 18.9 Å². The van der Waals surface area contributed by atoms with Crippen molar-refractivity contribution in [3.63, 3.8) is 0 Å². The largest absolute Gasteiger partial charge is 0.383 e. The van der Waals surface area contributed by atoms with Crippen LogP contribution in [0.15, 0.2) is 12.4 Å². The number of likely N-dealkylation sites (tertiary alicyclic amines) is 1. The fourth-order valence-corrected chi connectivity index (χ4v) is 3.31. The van der Waals surface area contributed by atoms with Crippen molar-refractivity contribution in [1.82, 2.24) is 20.2 Å². The minimum absolute atomic E-state index is 0.0399. The molecule has 7 heteroatoms. The van der Waals surface area contributed by atoms with Gasteiger partial charge in [-0.3, -0.25) is 4.79 Å². The number of hydrogen-bond donors (Lipinski definition) is 2. The molecule has 1 saturated heterocycles. The van der Waals surface area contributed by atoms with Crippen LogP contribution >= 0.6 is 11.3 Å². The summed E-state index contributed by atoms with van der Waals surface area (Å²) < 4.78 is 0. The minimum Gasteiger partial charge on any atom is -0.383 e. The molecule has 3 rings (SSSR count). The van der Waals surface area contributed by atoms with Gasteiger partial charge in [-0.15, -0.1) is 11.3 Å². The standard InChI is InChI=1S/C13H17N5OS/c1-18-4-2-8(3-5-18)17-12(19)10-6-9-11(14)15-7-16-13(9)20-10/h6-8H,2-5H2,1H3,(H,17,19)(H2,14,15,16). The highest BCUT2D eigenvalue weighted by Gasteiger charge is 2.20. The monoisotopic (exact) mass is 291 g/mol. The summed E-state index contributed by atoms with van der Waals surface area (Å²) in [5.41, 5.74) is 5.79. The smallest absolute Gasteiger partial charge is 0.261 e. The van der Waals surface area contributed by atoms with Crippen LogP contribution in [0, 0.1) is 0 Å². The molecule has 0 aromatic carbocycles. The number of fused-ring (bicyclic) bond motifs is 1. The average molecular weight is 291 g/mol. The molecule has 3 N–H and O–H groups in total. The summed E-state index contributed by atoms with van der Waals surface area (Å²) in [6, 6.07) is 2.03. The molecule has 0 atom stereocenters. The van der Waals surface area contributed by atoms with E-state index in [1.807, 2.05) is 0 Å². The molecule has 0 aliphatic carbocycles. The molecular formula is C13H17N5OS. The number of nitrogens with zero attached hydrogens (tertiary/aromatic N) is 3. The quantitative estimate of drug-likeness (QED) is 0.865. The zero-order valence-corrected chi connectivity index (χ0v) is 12.1. The van der Waals surface area contributed by atoms with E-state index in [0.717, 1.165) is 36.1 Å². The first-order valence-electron chi connectivity index (χ1n) is 6.63. The van der Waals surface area contributed by atoms with Gasteiger partial charge in [0.05, 0.1) is 10.3 Å². The average Bonchev–Trinajstić information content (AvgIpc) is 2.87. The second kappa shape index (κ2) is 5.34. The maximum atomic E-state index is 12.3. The van der Waals surface area contributed by atoms with Crippen LogP contribution in [0.5, 0.6) is 0 Å². The van der Waals surface area contributed by atoms with Crippen LogP contribution in [-0.2, 0) is 0 Å². The van der Waals surface area contributed by atoms with Gasteiger partial charge in [-0.2, -0.15) is 0 Å². The van der Waals surface area contributed by atoms with Crippen LogP contribution in [0.25, 0.3) is 10.2 Å². The fraction of sp³-hybridized carbons (Fsp3) is 0.462. The number of amides is 1. The van der Waals surface area contributed by atoms with E-state index in [1.54, 1.807) is 6.07 Å². The van der Waals surface area contributed by atoms with Crippen LogP contribution in [0.3, 0.4) is 0 Å². The van der Waals surface area contributed by atoms with E-state index in [1.165, 1.54) is 17.7 Å². The van der Waals surface area contributed by atoms with Gasteiger partial charge in [0.2, 0.25) is 0 Å². The third-order valence-corrected chi connectivity index (χ3v) is 4.68. The molecule has 1 aliphatic rings. The highest BCUT2D eigenvalue weighted by molar-refractivity contribution is 7.20. The maximum Gasteiger partial charge on any atom is 0.261 e. The van der Waals surface area contributed by atoms with Gasteiger partial charge >= 0.3 is 0 Å². The number of anilines is 1. The van der Waals surface area contributed by atoms with Crippen LogP contribution < -0.4 is 11.1 Å². The van der Waals surface area contributed by atoms with Gasteiger partial charge in [-0.05, 0) is 39.0 Å². The summed E-state index contributed by atoms with van der Waals surface area (Å²) in [6.07, 6.45) is 3.41. The number of nitrogen functional groups attached to an aromatic ring is 1. The van der Waals surface area contributed by atoms with Crippen molar-refractivity contribution in [3.8, 4) is 0 Å². The van der Waals surface area contributed by atoms with E-state index in [2.05, 4.69) is 27.2 Å². The number of carbonyl (C=O) groups excluding carboxylic acids is 1. The predicted molar refractivity (Wildman–Crippen MR) is 79.8 cm³/mol. The lowest BCUT2D eigenvalue weighted by atomic mass is 10.1. The van der Waals surface area contributed by atoms with Crippen molar-refractivity contribution < 1.29 is 4.79 Å². The Labute approximate surface area is 121 Å². The predicted octanol–water partition coefficient (Wildman–Crippen LogP) is 1.10. The first-order chi connectivity index (χ1) is 9.63. The first kappa shape index (κ1) is 13.3. The molecule has 0 spiro atoms. The molecule has 20 heavy (non-hydrogen) atoms. The Kier molecular flexibility index (Phi) is 3.54. The molecule has 3 heterocycles. The lowest BCUT2D eigenvalue weighted by molar-refractivity contribution is 0.0921. The summed E-state index contributed by atoms with van der Waals surface area (Å²) in [4.78, 5) is 24.0. The summed E-state index contributed by atoms with van der Waals surface area (Å²) >= 11 is 1.36. The molecule has 1 fully saturated rings. The summed E-state index contributed by atoms with van der Waals surface area (Å²) in [5.74, 6) is 0.381. The number of nitrogens with one attached hydrogen (secondary N) is 1. The first-order valence-corrected chi connectivity index (χ1v) is 7.44. The van der Waals surface area contributed by atoms with E-state index in [4.69, 9.17) is 5.73 Å². The second-order valence-electron chi connectivity index (χ2n) is 5.14. The van der Waals surface area contributed by atoms with Crippen LogP contribution in [0.2, 0.25) is 0 Å². The molecule has 0 saturated carbocycles. The van der Waals surface area contributed by atoms with E-state index >= 15 is 0 Å². The Morgan fingerprint density at radius 1 is 1.45 bits per heavy atom. The van der Waals surface area contributed by atoms with E-state index in [9.17, 15) is 4.79 Å². The van der Waals surface area contributed by atoms with Gasteiger partial charge in [-0.25, -0.2) is 9.97 Å². The Morgan fingerprint density at radius 3 is 2.90 bits per heavy atom. The van der Waals surface area contributed by atoms with Crippen LogP contribution in [0.4, 0.5) is 5.82 Å². The Hall–Kier alpha value is -1.73. The van der Waals surface area contributed by atoms with Crippen LogP contribution in [-0.4, -0.2) is 47.0 Å². The Balaban J connectivity index is 1.74. The number of hydrogen-bond acceptors (Lipinski definition) is 6. The second-order valence-corrected chi connectivity index (χ2v) is 6.17. The third kappa shape index (κ3) is 2.59. The normalized spacial score (nSPS) is 17.4. The molecule has 6 nitrogen and oxygen atoms in total. The number of rotatable bonds is 2. The molecule has 0 unspecified atom stereocenters. The molecule has 2 aromatic rings. The number of piperidine rings is 1. The maximum absolute atomic E-state index is 12.3.